The molecule has 2 aromatic rings. The molecule has 0 amide bonds. The van der Waals surface area contributed by atoms with E-state index in [4.69, 9.17) is 22.1 Å². The molecular weight excluding hydrogens is 278 g/mol. The van der Waals surface area contributed by atoms with Crippen molar-refractivity contribution >= 4 is 22.9 Å². The number of halogens is 1. The van der Waals surface area contributed by atoms with E-state index >= 15 is 0 Å². The molecule has 0 fully saturated rings. The first-order valence-electron chi connectivity index (χ1n) is 6.34. The van der Waals surface area contributed by atoms with E-state index in [1.165, 1.54) is 4.88 Å². The first-order chi connectivity index (χ1) is 9.15. The normalized spacial score (nSPS) is 12.4. The molecule has 19 heavy (non-hydrogen) atoms. The summed E-state index contributed by atoms with van der Waals surface area (Å²) in [5.74, 6) is 0.742. The van der Waals surface area contributed by atoms with Crippen molar-refractivity contribution in [1.29, 1.82) is 0 Å². The predicted octanol–water partition coefficient (Wildman–Crippen LogP) is 3.91. The lowest BCUT2D eigenvalue weighted by Gasteiger charge is -2.10. The fourth-order valence-electron chi connectivity index (χ4n) is 1.88. The van der Waals surface area contributed by atoms with Gasteiger partial charge in [0.1, 0.15) is 5.75 Å². The molecule has 0 aliphatic heterocycles. The van der Waals surface area contributed by atoms with Crippen LogP contribution in [0.5, 0.6) is 5.75 Å². The van der Waals surface area contributed by atoms with Gasteiger partial charge in [0.25, 0.3) is 0 Å². The predicted molar refractivity (Wildman–Crippen MR) is 82.3 cm³/mol. The van der Waals surface area contributed by atoms with Crippen LogP contribution in [0.3, 0.4) is 0 Å². The molecule has 1 aromatic heterocycles. The lowest BCUT2D eigenvalue weighted by molar-refractivity contribution is 0.323. The van der Waals surface area contributed by atoms with Gasteiger partial charge in [-0.05, 0) is 42.5 Å². The quantitative estimate of drug-likeness (QED) is 0.877. The Kier molecular flexibility index (Phi) is 5.25. The summed E-state index contributed by atoms with van der Waals surface area (Å²) in [6.07, 6.45) is 1.74. The Morgan fingerprint density at radius 2 is 2.21 bits per heavy atom. The van der Waals surface area contributed by atoms with Crippen LogP contribution in [-0.4, -0.2) is 12.6 Å². The molecule has 1 unspecified atom stereocenters. The van der Waals surface area contributed by atoms with Crippen molar-refractivity contribution < 1.29 is 4.74 Å². The van der Waals surface area contributed by atoms with Crippen molar-refractivity contribution in [2.45, 2.75) is 25.8 Å². The van der Waals surface area contributed by atoms with Crippen LogP contribution in [0, 0.1) is 0 Å². The maximum atomic E-state index is 6.21. The molecule has 0 saturated carbocycles. The van der Waals surface area contributed by atoms with Crippen LogP contribution in [-0.2, 0) is 12.8 Å². The van der Waals surface area contributed by atoms with E-state index in [9.17, 15) is 0 Å². The SMILES string of the molecule is CC(N)Cc1ccc(OCCc2cccs2)c(Cl)c1. The van der Waals surface area contributed by atoms with Crippen molar-refractivity contribution in [3.8, 4) is 5.75 Å². The molecule has 1 atom stereocenters. The van der Waals surface area contributed by atoms with Gasteiger partial charge in [0.05, 0.1) is 11.6 Å². The van der Waals surface area contributed by atoms with E-state index in [1.54, 1.807) is 11.3 Å². The fourth-order valence-corrected chi connectivity index (χ4v) is 2.82. The Morgan fingerprint density at radius 3 is 2.84 bits per heavy atom. The van der Waals surface area contributed by atoms with Crippen LogP contribution >= 0.6 is 22.9 Å². The fraction of sp³-hybridized carbons (Fsp3) is 0.333. The molecule has 0 bridgehead atoms. The van der Waals surface area contributed by atoms with Gasteiger partial charge in [-0.25, -0.2) is 0 Å². The molecule has 2 nitrogen and oxygen atoms in total. The second-order valence-corrected chi connectivity index (χ2v) is 6.06. The zero-order valence-electron chi connectivity index (χ0n) is 10.9. The van der Waals surface area contributed by atoms with Gasteiger partial charge < -0.3 is 10.5 Å². The van der Waals surface area contributed by atoms with Gasteiger partial charge in [-0.15, -0.1) is 11.3 Å². The summed E-state index contributed by atoms with van der Waals surface area (Å²) in [7, 11) is 0. The maximum Gasteiger partial charge on any atom is 0.137 e. The number of nitrogens with two attached hydrogens (primary N) is 1. The summed E-state index contributed by atoms with van der Waals surface area (Å²) >= 11 is 7.95. The van der Waals surface area contributed by atoms with Gasteiger partial charge in [0, 0.05) is 17.3 Å². The highest BCUT2D eigenvalue weighted by Gasteiger charge is 2.05. The number of thiophene rings is 1. The second kappa shape index (κ2) is 6.94. The lowest BCUT2D eigenvalue weighted by atomic mass is 10.1. The Balaban J connectivity index is 1.90. The Labute approximate surface area is 123 Å². The van der Waals surface area contributed by atoms with Gasteiger partial charge in [-0.2, -0.15) is 0 Å². The van der Waals surface area contributed by atoms with Gasteiger partial charge in [-0.3, -0.25) is 0 Å². The number of rotatable bonds is 6. The number of hydrogen-bond donors (Lipinski definition) is 1. The molecule has 2 rings (SSSR count). The second-order valence-electron chi connectivity index (χ2n) is 4.62. The minimum Gasteiger partial charge on any atom is -0.492 e. The molecule has 0 aliphatic carbocycles. The highest BCUT2D eigenvalue weighted by molar-refractivity contribution is 7.09. The number of ether oxygens (including phenoxy) is 1. The van der Waals surface area contributed by atoms with Crippen molar-refractivity contribution in [3.63, 3.8) is 0 Å². The highest BCUT2D eigenvalue weighted by atomic mass is 35.5. The average Bonchev–Trinajstić information content (AvgIpc) is 2.84. The van der Waals surface area contributed by atoms with Crippen molar-refractivity contribution in [2.24, 2.45) is 5.73 Å². The summed E-state index contributed by atoms with van der Waals surface area (Å²) < 4.78 is 5.71. The third-order valence-corrected chi connectivity index (χ3v) is 3.97. The molecule has 0 aliphatic rings. The Bertz CT molecular complexity index is 511. The Morgan fingerprint density at radius 1 is 1.37 bits per heavy atom. The molecule has 1 aromatic carbocycles. The van der Waals surface area contributed by atoms with Crippen molar-refractivity contribution in [1.82, 2.24) is 0 Å². The first-order valence-corrected chi connectivity index (χ1v) is 7.60. The van der Waals surface area contributed by atoms with Crippen LogP contribution < -0.4 is 10.5 Å². The molecule has 0 radical (unpaired) electrons. The van der Waals surface area contributed by atoms with Crippen LogP contribution in [0.4, 0.5) is 0 Å². The molecular formula is C15H18ClNOS. The van der Waals surface area contributed by atoms with Crippen LogP contribution in [0.15, 0.2) is 35.7 Å². The van der Waals surface area contributed by atoms with E-state index < -0.39 is 0 Å². The monoisotopic (exact) mass is 295 g/mol. The molecule has 0 spiro atoms. The number of hydrogen-bond acceptors (Lipinski definition) is 3. The van der Waals surface area contributed by atoms with E-state index in [0.717, 1.165) is 24.2 Å². The molecule has 4 heteroatoms. The van der Waals surface area contributed by atoms with E-state index in [0.29, 0.717) is 11.6 Å². The minimum atomic E-state index is 0.140. The summed E-state index contributed by atoms with van der Waals surface area (Å²) in [5.41, 5.74) is 6.92. The van der Waals surface area contributed by atoms with E-state index in [-0.39, 0.29) is 6.04 Å². The first kappa shape index (κ1) is 14.4. The highest BCUT2D eigenvalue weighted by Crippen LogP contribution is 2.26. The zero-order valence-corrected chi connectivity index (χ0v) is 12.5. The van der Waals surface area contributed by atoms with Gasteiger partial charge in [0.15, 0.2) is 0 Å². The van der Waals surface area contributed by atoms with Gasteiger partial charge in [-0.1, -0.05) is 23.7 Å². The Hall–Kier alpha value is -1.03. The van der Waals surface area contributed by atoms with E-state index in [1.807, 2.05) is 25.1 Å². The summed E-state index contributed by atoms with van der Waals surface area (Å²) in [6.45, 7) is 2.63. The molecule has 0 saturated heterocycles. The van der Waals surface area contributed by atoms with Gasteiger partial charge in [0.2, 0.25) is 0 Å². The molecule has 102 valence electrons. The van der Waals surface area contributed by atoms with Crippen molar-refractivity contribution in [3.05, 3.63) is 51.2 Å². The summed E-state index contributed by atoms with van der Waals surface area (Å²) in [4.78, 5) is 1.32. The zero-order chi connectivity index (χ0) is 13.7. The maximum absolute atomic E-state index is 6.21. The largest absolute Gasteiger partial charge is 0.492 e. The smallest absolute Gasteiger partial charge is 0.137 e. The van der Waals surface area contributed by atoms with Crippen LogP contribution in [0.25, 0.3) is 0 Å². The molecule has 1 heterocycles. The standard InChI is InChI=1S/C15H18ClNOS/c1-11(17)9-12-4-5-15(14(16)10-12)18-7-6-13-3-2-8-19-13/h2-5,8,10-11H,6-7,9,17H2,1H3. The number of benzene rings is 1. The van der Waals surface area contributed by atoms with Gasteiger partial charge >= 0.3 is 0 Å². The van der Waals surface area contributed by atoms with Crippen LogP contribution in [0.2, 0.25) is 5.02 Å². The topological polar surface area (TPSA) is 35.2 Å². The van der Waals surface area contributed by atoms with Crippen LogP contribution in [0.1, 0.15) is 17.4 Å². The lowest BCUT2D eigenvalue weighted by Crippen LogP contribution is -2.17. The third-order valence-electron chi connectivity index (χ3n) is 2.74. The third kappa shape index (κ3) is 4.53. The minimum absolute atomic E-state index is 0.140. The summed E-state index contributed by atoms with van der Waals surface area (Å²) in [6, 6.07) is 10.2. The summed E-state index contributed by atoms with van der Waals surface area (Å²) in [5, 5.41) is 2.73. The van der Waals surface area contributed by atoms with E-state index in [2.05, 4.69) is 17.5 Å². The average molecular weight is 296 g/mol. The molecule has 2 N–H and O–H groups in total. The van der Waals surface area contributed by atoms with Crippen molar-refractivity contribution in [2.75, 3.05) is 6.61 Å².